The Balaban J connectivity index is 2.88. The fourth-order valence-corrected chi connectivity index (χ4v) is 1.43. The molecule has 1 atom stereocenters. The van der Waals surface area contributed by atoms with Crippen LogP contribution in [0.3, 0.4) is 0 Å². The van der Waals surface area contributed by atoms with E-state index in [0.717, 1.165) is 0 Å². The van der Waals surface area contributed by atoms with Crippen LogP contribution >= 0.6 is 0 Å². The van der Waals surface area contributed by atoms with Gasteiger partial charge in [0.15, 0.2) is 0 Å². The smallest absolute Gasteiger partial charge is 0.336 e. The molecular weight excluding hydrogens is 242 g/mol. The molecule has 0 aliphatic rings. The standard InChI is InChI=1S/C15H17NO3/c1-10(14(18)19-15(2,3)4)13(17)12-7-5-6-11(8-12)9-16/h5-8,13,17H,1H2,2-4H3. The molecule has 0 aromatic heterocycles. The molecule has 0 aliphatic carbocycles. The zero-order chi connectivity index (χ0) is 14.6. The Morgan fingerprint density at radius 1 is 1.47 bits per heavy atom. The molecule has 1 rings (SSSR count). The van der Waals surface area contributed by atoms with Gasteiger partial charge in [0.1, 0.15) is 11.7 Å². The van der Waals surface area contributed by atoms with Gasteiger partial charge in [0.05, 0.1) is 17.2 Å². The Bertz CT molecular complexity index is 535. The van der Waals surface area contributed by atoms with E-state index < -0.39 is 17.7 Å². The largest absolute Gasteiger partial charge is 0.457 e. The summed E-state index contributed by atoms with van der Waals surface area (Å²) >= 11 is 0. The first-order chi connectivity index (χ1) is 8.74. The summed E-state index contributed by atoms with van der Waals surface area (Å²) in [4.78, 5) is 11.8. The van der Waals surface area contributed by atoms with Crippen molar-refractivity contribution in [1.29, 1.82) is 5.26 Å². The van der Waals surface area contributed by atoms with Gasteiger partial charge < -0.3 is 9.84 Å². The minimum absolute atomic E-state index is 0.0509. The Morgan fingerprint density at radius 3 is 2.63 bits per heavy atom. The maximum atomic E-state index is 11.8. The van der Waals surface area contributed by atoms with Crippen LogP contribution in [0.15, 0.2) is 36.4 Å². The van der Waals surface area contributed by atoms with Gasteiger partial charge in [-0.2, -0.15) is 5.26 Å². The highest BCUT2D eigenvalue weighted by molar-refractivity contribution is 5.89. The predicted octanol–water partition coefficient (Wildman–Crippen LogP) is 2.49. The number of benzene rings is 1. The molecule has 0 spiro atoms. The summed E-state index contributed by atoms with van der Waals surface area (Å²) in [6, 6.07) is 8.37. The second-order valence-electron chi connectivity index (χ2n) is 5.17. The lowest BCUT2D eigenvalue weighted by Crippen LogP contribution is -2.26. The normalized spacial score (nSPS) is 12.4. The molecule has 0 amide bonds. The second-order valence-corrected chi connectivity index (χ2v) is 5.17. The number of esters is 1. The van der Waals surface area contributed by atoms with Crippen LogP contribution in [-0.2, 0) is 9.53 Å². The summed E-state index contributed by atoms with van der Waals surface area (Å²) in [6.45, 7) is 8.77. The lowest BCUT2D eigenvalue weighted by molar-refractivity contribution is -0.151. The van der Waals surface area contributed by atoms with E-state index in [0.29, 0.717) is 11.1 Å². The third-order valence-corrected chi connectivity index (χ3v) is 2.32. The van der Waals surface area contributed by atoms with E-state index in [-0.39, 0.29) is 5.57 Å². The van der Waals surface area contributed by atoms with Crippen molar-refractivity contribution in [2.75, 3.05) is 0 Å². The SMILES string of the molecule is C=C(C(=O)OC(C)(C)C)C(O)c1cccc(C#N)c1. The number of nitriles is 1. The van der Waals surface area contributed by atoms with Crippen LogP contribution in [0.4, 0.5) is 0 Å². The molecular formula is C15H17NO3. The second kappa shape index (κ2) is 5.68. The van der Waals surface area contributed by atoms with Crippen molar-refractivity contribution in [3.63, 3.8) is 0 Å². The van der Waals surface area contributed by atoms with Crippen LogP contribution in [0.1, 0.15) is 38.0 Å². The van der Waals surface area contributed by atoms with Crippen LogP contribution in [0.25, 0.3) is 0 Å². The molecule has 4 heteroatoms. The molecule has 1 aromatic rings. The van der Waals surface area contributed by atoms with Crippen LogP contribution in [0.2, 0.25) is 0 Å². The molecule has 1 aromatic carbocycles. The number of rotatable bonds is 3. The Kier molecular flexibility index (Phi) is 4.47. The molecule has 0 saturated carbocycles. The van der Waals surface area contributed by atoms with E-state index in [2.05, 4.69) is 6.58 Å². The van der Waals surface area contributed by atoms with Crippen LogP contribution < -0.4 is 0 Å². The molecule has 19 heavy (non-hydrogen) atoms. The van der Waals surface area contributed by atoms with E-state index in [1.54, 1.807) is 39.0 Å². The van der Waals surface area contributed by atoms with Crippen molar-refractivity contribution >= 4 is 5.97 Å². The van der Waals surface area contributed by atoms with E-state index in [9.17, 15) is 9.90 Å². The average molecular weight is 259 g/mol. The number of carbonyl (C=O) groups excluding carboxylic acids is 1. The van der Waals surface area contributed by atoms with Gasteiger partial charge >= 0.3 is 5.97 Å². The Morgan fingerprint density at radius 2 is 2.11 bits per heavy atom. The van der Waals surface area contributed by atoms with E-state index >= 15 is 0 Å². The van der Waals surface area contributed by atoms with Crippen molar-refractivity contribution in [2.24, 2.45) is 0 Å². The van der Waals surface area contributed by atoms with E-state index in [1.165, 1.54) is 6.07 Å². The highest BCUT2D eigenvalue weighted by Gasteiger charge is 2.24. The van der Waals surface area contributed by atoms with Crippen LogP contribution in [0, 0.1) is 11.3 Å². The number of nitrogens with zero attached hydrogens (tertiary/aromatic N) is 1. The molecule has 1 unspecified atom stereocenters. The highest BCUT2D eigenvalue weighted by atomic mass is 16.6. The quantitative estimate of drug-likeness (QED) is 0.668. The molecule has 0 saturated heterocycles. The molecule has 1 N–H and O–H groups in total. The van der Waals surface area contributed by atoms with Gasteiger partial charge in [-0.05, 0) is 38.5 Å². The average Bonchev–Trinajstić information content (AvgIpc) is 2.35. The fourth-order valence-electron chi connectivity index (χ4n) is 1.43. The number of aliphatic hydroxyl groups is 1. The van der Waals surface area contributed by atoms with Gasteiger partial charge in [-0.1, -0.05) is 18.7 Å². The number of ether oxygens (including phenoxy) is 1. The lowest BCUT2D eigenvalue weighted by atomic mass is 10.0. The summed E-state index contributed by atoms with van der Waals surface area (Å²) in [7, 11) is 0. The maximum absolute atomic E-state index is 11.8. The number of carbonyl (C=O) groups is 1. The van der Waals surface area contributed by atoms with E-state index in [4.69, 9.17) is 10.00 Å². The fraction of sp³-hybridized carbons (Fsp3) is 0.333. The molecule has 0 radical (unpaired) electrons. The van der Waals surface area contributed by atoms with Crippen molar-refractivity contribution < 1.29 is 14.6 Å². The van der Waals surface area contributed by atoms with Gasteiger partial charge in [-0.15, -0.1) is 0 Å². The minimum Gasteiger partial charge on any atom is -0.457 e. The molecule has 0 fully saturated rings. The first kappa shape index (κ1) is 14.9. The molecule has 0 aliphatic heterocycles. The predicted molar refractivity (Wildman–Crippen MR) is 71.1 cm³/mol. The van der Waals surface area contributed by atoms with Gasteiger partial charge in [-0.25, -0.2) is 4.79 Å². The first-order valence-corrected chi connectivity index (χ1v) is 5.85. The van der Waals surface area contributed by atoms with Crippen molar-refractivity contribution in [3.8, 4) is 6.07 Å². The minimum atomic E-state index is -1.18. The number of hydrogen-bond donors (Lipinski definition) is 1. The lowest BCUT2D eigenvalue weighted by Gasteiger charge is -2.22. The number of hydrogen-bond acceptors (Lipinski definition) is 4. The summed E-state index contributed by atoms with van der Waals surface area (Å²) < 4.78 is 5.14. The summed E-state index contributed by atoms with van der Waals surface area (Å²) in [6.07, 6.45) is -1.18. The summed E-state index contributed by atoms with van der Waals surface area (Å²) in [5, 5.41) is 18.9. The van der Waals surface area contributed by atoms with E-state index in [1.807, 2.05) is 6.07 Å². The third-order valence-electron chi connectivity index (χ3n) is 2.32. The summed E-state index contributed by atoms with van der Waals surface area (Å²) in [5.41, 5.74) is 0.155. The van der Waals surface area contributed by atoms with Crippen molar-refractivity contribution in [3.05, 3.63) is 47.5 Å². The zero-order valence-electron chi connectivity index (χ0n) is 11.3. The highest BCUT2D eigenvalue weighted by Crippen LogP contribution is 2.23. The van der Waals surface area contributed by atoms with Gasteiger partial charge in [0, 0.05) is 0 Å². The summed E-state index contributed by atoms with van der Waals surface area (Å²) in [5.74, 6) is -0.651. The molecule has 4 nitrogen and oxygen atoms in total. The maximum Gasteiger partial charge on any atom is 0.336 e. The van der Waals surface area contributed by atoms with Crippen LogP contribution in [-0.4, -0.2) is 16.7 Å². The van der Waals surface area contributed by atoms with Crippen LogP contribution in [0.5, 0.6) is 0 Å². The molecule has 0 heterocycles. The Hall–Kier alpha value is -2.12. The zero-order valence-corrected chi connectivity index (χ0v) is 11.3. The molecule has 0 bridgehead atoms. The molecule has 100 valence electrons. The topological polar surface area (TPSA) is 70.3 Å². The Labute approximate surface area is 112 Å². The van der Waals surface area contributed by atoms with Crippen molar-refractivity contribution in [2.45, 2.75) is 32.5 Å². The first-order valence-electron chi connectivity index (χ1n) is 5.85. The van der Waals surface area contributed by atoms with Crippen molar-refractivity contribution in [1.82, 2.24) is 0 Å². The van der Waals surface area contributed by atoms with Gasteiger partial charge in [-0.3, -0.25) is 0 Å². The van der Waals surface area contributed by atoms with Gasteiger partial charge in [0.2, 0.25) is 0 Å². The van der Waals surface area contributed by atoms with Gasteiger partial charge in [0.25, 0.3) is 0 Å². The third kappa shape index (κ3) is 4.23. The monoisotopic (exact) mass is 259 g/mol. The number of aliphatic hydroxyl groups excluding tert-OH is 1.